The fourth-order valence-corrected chi connectivity index (χ4v) is 7.76. The number of fused-ring (bicyclic) bond motifs is 1. The Balaban J connectivity index is 1.06. The molecular formula is C48H44N2O5. The summed E-state index contributed by atoms with van der Waals surface area (Å²) in [6, 6.07) is 52.2. The standard InChI is InChI=1S/C48H44N2O5/c1-33-44(31-49(28-34-12-4-2-5-13-34)29-35-14-6-3-7-15-35)54-48(55-45(33)38-22-20-36(32-51)21-23-38)39-26-24-37(25-27-39)41-17-9-8-16-40(41)30-50-46(52)42-18-10-11-19-43(42)47(50)53/h2-27,33,44-45,48,51H,28-32H2,1H3. The largest absolute Gasteiger partial charge is 0.392 e. The van der Waals surface area contributed by atoms with Gasteiger partial charge in [-0.3, -0.25) is 19.4 Å². The van der Waals surface area contributed by atoms with E-state index in [1.54, 1.807) is 24.3 Å². The zero-order chi connectivity index (χ0) is 37.7. The minimum absolute atomic E-state index is 0.0164. The number of hydrogen-bond acceptors (Lipinski definition) is 6. The van der Waals surface area contributed by atoms with Gasteiger partial charge in [-0.2, -0.15) is 0 Å². The molecule has 2 amide bonds. The van der Waals surface area contributed by atoms with Crippen molar-refractivity contribution in [2.45, 2.75) is 51.7 Å². The molecule has 1 fully saturated rings. The zero-order valence-corrected chi connectivity index (χ0v) is 30.8. The minimum Gasteiger partial charge on any atom is -0.392 e. The number of rotatable bonds is 12. The summed E-state index contributed by atoms with van der Waals surface area (Å²) in [5.41, 5.74) is 8.95. The first kappa shape index (κ1) is 36.3. The van der Waals surface area contributed by atoms with E-state index in [-0.39, 0.29) is 43.1 Å². The number of hydrogen-bond donors (Lipinski definition) is 1. The molecule has 0 radical (unpaired) electrons. The predicted molar refractivity (Wildman–Crippen MR) is 212 cm³/mol. The van der Waals surface area contributed by atoms with Crippen LogP contribution < -0.4 is 0 Å². The Morgan fingerprint density at radius 1 is 0.582 bits per heavy atom. The Labute approximate surface area is 322 Å². The van der Waals surface area contributed by atoms with Crippen molar-refractivity contribution in [1.82, 2.24) is 9.80 Å². The third kappa shape index (κ3) is 7.93. The lowest BCUT2D eigenvalue weighted by Crippen LogP contribution is -2.44. The fourth-order valence-electron chi connectivity index (χ4n) is 7.76. The monoisotopic (exact) mass is 728 g/mol. The van der Waals surface area contributed by atoms with Crippen LogP contribution in [-0.4, -0.2) is 39.4 Å². The minimum atomic E-state index is -0.623. The van der Waals surface area contributed by atoms with Crippen LogP contribution in [0.5, 0.6) is 0 Å². The molecule has 6 aromatic carbocycles. The molecule has 0 aliphatic carbocycles. The van der Waals surface area contributed by atoms with Crippen LogP contribution in [0.25, 0.3) is 11.1 Å². The van der Waals surface area contributed by atoms with Gasteiger partial charge in [0.15, 0.2) is 6.29 Å². The lowest BCUT2D eigenvalue weighted by atomic mass is 9.89. The van der Waals surface area contributed by atoms with Crippen LogP contribution in [0.1, 0.15) is 73.4 Å². The molecule has 7 heteroatoms. The Kier molecular flexibility index (Phi) is 10.8. The average Bonchev–Trinajstić information content (AvgIpc) is 3.47. The van der Waals surface area contributed by atoms with E-state index in [4.69, 9.17) is 9.47 Å². The lowest BCUT2D eigenvalue weighted by molar-refractivity contribution is -0.276. The molecule has 0 saturated carbocycles. The van der Waals surface area contributed by atoms with Crippen LogP contribution in [-0.2, 0) is 35.7 Å². The SMILES string of the molecule is CC1C(CN(Cc2ccccc2)Cc2ccccc2)OC(c2ccc(-c3ccccc3CN3C(=O)c4ccccc4C3=O)cc2)OC1c1ccc(CO)cc1. The van der Waals surface area contributed by atoms with Crippen LogP contribution in [0.2, 0.25) is 0 Å². The molecular weight excluding hydrogens is 685 g/mol. The molecule has 6 aromatic rings. The van der Waals surface area contributed by atoms with E-state index >= 15 is 0 Å². The zero-order valence-electron chi connectivity index (χ0n) is 30.8. The summed E-state index contributed by atoms with van der Waals surface area (Å²) in [5, 5.41) is 9.73. The van der Waals surface area contributed by atoms with E-state index in [1.807, 2.05) is 72.8 Å². The first-order chi connectivity index (χ1) is 26.9. The molecule has 4 unspecified atom stereocenters. The van der Waals surface area contributed by atoms with E-state index < -0.39 is 6.29 Å². The number of aliphatic hydroxyl groups excluding tert-OH is 1. The van der Waals surface area contributed by atoms with Crippen LogP contribution in [0.4, 0.5) is 0 Å². The molecule has 2 heterocycles. The van der Waals surface area contributed by atoms with Gasteiger partial charge < -0.3 is 14.6 Å². The van der Waals surface area contributed by atoms with Crippen LogP contribution in [0.15, 0.2) is 158 Å². The molecule has 7 nitrogen and oxygen atoms in total. The van der Waals surface area contributed by atoms with Crippen molar-refractivity contribution < 1.29 is 24.2 Å². The molecule has 0 bridgehead atoms. The summed E-state index contributed by atoms with van der Waals surface area (Å²) >= 11 is 0. The molecule has 0 aromatic heterocycles. The number of ether oxygens (including phenoxy) is 2. The molecule has 1 N–H and O–H groups in total. The van der Waals surface area contributed by atoms with Crippen LogP contribution in [0, 0.1) is 5.92 Å². The molecule has 1 saturated heterocycles. The average molecular weight is 729 g/mol. The smallest absolute Gasteiger partial charge is 0.261 e. The van der Waals surface area contributed by atoms with Crippen molar-refractivity contribution in [3.63, 3.8) is 0 Å². The number of carbonyl (C=O) groups is 2. The normalized spacial score (nSPS) is 19.5. The predicted octanol–water partition coefficient (Wildman–Crippen LogP) is 9.14. The van der Waals surface area contributed by atoms with Gasteiger partial charge in [0.2, 0.25) is 0 Å². The van der Waals surface area contributed by atoms with E-state index in [2.05, 4.69) is 72.5 Å². The van der Waals surface area contributed by atoms with Crippen molar-refractivity contribution in [2.75, 3.05) is 6.54 Å². The maximum Gasteiger partial charge on any atom is 0.261 e. The third-order valence-corrected chi connectivity index (χ3v) is 10.8. The van der Waals surface area contributed by atoms with Crippen LogP contribution >= 0.6 is 0 Å². The number of amides is 2. The first-order valence-corrected chi connectivity index (χ1v) is 18.9. The van der Waals surface area contributed by atoms with Crippen molar-refractivity contribution >= 4 is 11.8 Å². The maximum absolute atomic E-state index is 13.2. The first-order valence-electron chi connectivity index (χ1n) is 18.9. The maximum atomic E-state index is 13.2. The summed E-state index contributed by atoms with van der Waals surface area (Å²) in [5.74, 6) is -0.515. The molecule has 0 spiro atoms. The summed E-state index contributed by atoms with van der Waals surface area (Å²) in [4.78, 5) is 30.2. The highest BCUT2D eigenvalue weighted by atomic mass is 16.7. The van der Waals surface area contributed by atoms with E-state index in [0.717, 1.165) is 46.5 Å². The van der Waals surface area contributed by atoms with Gasteiger partial charge in [0.05, 0.1) is 36.5 Å². The molecule has 55 heavy (non-hydrogen) atoms. The second kappa shape index (κ2) is 16.3. The second-order valence-corrected chi connectivity index (χ2v) is 14.5. The summed E-state index contributed by atoms with van der Waals surface area (Å²) in [7, 11) is 0. The fraction of sp³-hybridized carbons (Fsp3) is 0.208. The highest BCUT2D eigenvalue weighted by Gasteiger charge is 2.39. The second-order valence-electron chi connectivity index (χ2n) is 14.5. The number of carbonyl (C=O) groups excluding carboxylic acids is 2. The summed E-state index contributed by atoms with van der Waals surface area (Å²) in [6.07, 6.45) is -1.03. The van der Waals surface area contributed by atoms with Crippen molar-refractivity contribution in [1.29, 1.82) is 0 Å². The Morgan fingerprint density at radius 2 is 1.11 bits per heavy atom. The van der Waals surface area contributed by atoms with Crippen LogP contribution in [0.3, 0.4) is 0 Å². The quantitative estimate of drug-likeness (QED) is 0.127. The summed E-state index contributed by atoms with van der Waals surface area (Å²) in [6.45, 7) is 4.61. The van der Waals surface area contributed by atoms with Crippen molar-refractivity contribution in [3.05, 3.63) is 202 Å². The number of benzene rings is 6. The summed E-state index contributed by atoms with van der Waals surface area (Å²) < 4.78 is 13.7. The number of nitrogens with zero attached hydrogens (tertiary/aromatic N) is 2. The van der Waals surface area contributed by atoms with Gasteiger partial charge >= 0.3 is 0 Å². The topological polar surface area (TPSA) is 79.3 Å². The molecule has 8 rings (SSSR count). The highest BCUT2D eigenvalue weighted by molar-refractivity contribution is 6.21. The van der Waals surface area contributed by atoms with Crippen molar-refractivity contribution in [2.24, 2.45) is 5.92 Å². The van der Waals surface area contributed by atoms with Gasteiger partial charge in [0.1, 0.15) is 0 Å². The van der Waals surface area contributed by atoms with Gasteiger partial charge in [-0.15, -0.1) is 0 Å². The Hall–Kier alpha value is -5.70. The third-order valence-electron chi connectivity index (χ3n) is 10.8. The van der Waals surface area contributed by atoms with Crippen molar-refractivity contribution in [3.8, 4) is 11.1 Å². The molecule has 2 aliphatic heterocycles. The van der Waals surface area contributed by atoms with Gasteiger partial charge in [0, 0.05) is 31.1 Å². The Bertz CT molecular complexity index is 2160. The van der Waals surface area contributed by atoms with E-state index in [9.17, 15) is 14.7 Å². The highest BCUT2D eigenvalue weighted by Crippen LogP contribution is 2.42. The lowest BCUT2D eigenvalue weighted by Gasteiger charge is -2.43. The van der Waals surface area contributed by atoms with Gasteiger partial charge in [-0.05, 0) is 51.1 Å². The molecule has 276 valence electrons. The van der Waals surface area contributed by atoms with E-state index in [0.29, 0.717) is 17.7 Å². The molecule has 4 atom stereocenters. The Morgan fingerprint density at radius 3 is 1.69 bits per heavy atom. The number of aliphatic hydroxyl groups is 1. The van der Waals surface area contributed by atoms with Gasteiger partial charge in [-0.25, -0.2) is 0 Å². The number of imide groups is 1. The van der Waals surface area contributed by atoms with E-state index in [1.165, 1.54) is 16.0 Å². The van der Waals surface area contributed by atoms with Gasteiger partial charge in [0.25, 0.3) is 11.8 Å². The molecule has 2 aliphatic rings. The van der Waals surface area contributed by atoms with Gasteiger partial charge in [-0.1, -0.05) is 153 Å².